The molecule has 1 fully saturated rings. The van der Waals surface area contributed by atoms with Crippen LogP contribution < -0.4 is 10.6 Å². The third-order valence-corrected chi connectivity index (χ3v) is 5.83. The third kappa shape index (κ3) is 7.13. The van der Waals surface area contributed by atoms with Gasteiger partial charge in [0.25, 0.3) is 0 Å². The Morgan fingerprint density at radius 3 is 2.72 bits per heavy atom. The number of aliphatic imine (C=N–C) groups is 1. The lowest BCUT2D eigenvalue weighted by atomic mass is 9.97. The predicted octanol–water partition coefficient (Wildman–Crippen LogP) is 3.11. The quantitative estimate of drug-likeness (QED) is 0.474. The smallest absolute Gasteiger partial charge is 0.191 e. The van der Waals surface area contributed by atoms with Crippen LogP contribution >= 0.6 is 22.9 Å². The van der Waals surface area contributed by atoms with Gasteiger partial charge in [0.1, 0.15) is 6.10 Å². The Morgan fingerprint density at radius 2 is 2.12 bits per heavy atom. The molecule has 0 spiro atoms. The van der Waals surface area contributed by atoms with E-state index in [-0.39, 0.29) is 0 Å². The summed E-state index contributed by atoms with van der Waals surface area (Å²) in [4.78, 5) is 7.93. The van der Waals surface area contributed by atoms with Crippen molar-refractivity contribution in [2.45, 2.75) is 39.2 Å². The van der Waals surface area contributed by atoms with E-state index in [2.05, 4.69) is 34.4 Å². The molecule has 1 aliphatic heterocycles. The molecule has 142 valence electrons. The fourth-order valence-electron chi connectivity index (χ4n) is 3.09. The molecule has 1 saturated heterocycles. The molecule has 1 atom stereocenters. The van der Waals surface area contributed by atoms with Crippen LogP contribution in [-0.4, -0.2) is 55.2 Å². The summed E-state index contributed by atoms with van der Waals surface area (Å²) in [7, 11) is 0. The first-order valence-corrected chi connectivity index (χ1v) is 10.5. The number of guanidine groups is 1. The highest BCUT2D eigenvalue weighted by molar-refractivity contribution is 7.16. The maximum absolute atomic E-state index is 10.2. The van der Waals surface area contributed by atoms with Gasteiger partial charge in [-0.15, -0.1) is 11.3 Å². The maximum Gasteiger partial charge on any atom is 0.191 e. The van der Waals surface area contributed by atoms with Crippen molar-refractivity contribution in [1.29, 1.82) is 0 Å². The van der Waals surface area contributed by atoms with Gasteiger partial charge < -0.3 is 20.6 Å². The number of nitrogens with zero attached hydrogens (tertiary/aromatic N) is 2. The van der Waals surface area contributed by atoms with Gasteiger partial charge in [0.15, 0.2) is 5.96 Å². The van der Waals surface area contributed by atoms with E-state index in [0.29, 0.717) is 16.8 Å². The summed E-state index contributed by atoms with van der Waals surface area (Å²) in [5.41, 5.74) is 0. The average Bonchev–Trinajstić information content (AvgIpc) is 3.05. The van der Waals surface area contributed by atoms with Crippen LogP contribution in [0.5, 0.6) is 0 Å². The molecule has 2 rings (SSSR count). The lowest BCUT2D eigenvalue weighted by Crippen LogP contribution is -2.43. The van der Waals surface area contributed by atoms with E-state index in [9.17, 15) is 5.11 Å². The van der Waals surface area contributed by atoms with E-state index < -0.39 is 6.10 Å². The standard InChI is InChI=1S/C18H31ClN4OS/c1-3-9-23-10-7-14(8-11-23)12-21-18(20-4-2)22-13-15(24)16-5-6-17(19)25-16/h5-6,14-15,24H,3-4,7-13H2,1-2H3,(H2,20,21,22). The SMILES string of the molecule is CCCN1CCC(CNC(=NCC(O)c2ccc(Cl)s2)NCC)CC1. The fraction of sp³-hybridized carbons (Fsp3) is 0.722. The number of hydrogen-bond acceptors (Lipinski definition) is 4. The van der Waals surface area contributed by atoms with E-state index in [0.717, 1.165) is 23.9 Å². The normalized spacial score (nSPS) is 18.3. The second-order valence-corrected chi connectivity index (χ2v) is 8.29. The number of likely N-dealkylation sites (tertiary alicyclic amines) is 1. The zero-order chi connectivity index (χ0) is 18.1. The Balaban J connectivity index is 1.78. The number of halogens is 1. The van der Waals surface area contributed by atoms with Gasteiger partial charge in [-0.3, -0.25) is 4.99 Å². The lowest BCUT2D eigenvalue weighted by Gasteiger charge is -2.32. The molecule has 0 bridgehead atoms. The Kier molecular flexibility index (Phi) is 9.03. The predicted molar refractivity (Wildman–Crippen MR) is 108 cm³/mol. The summed E-state index contributed by atoms with van der Waals surface area (Å²) in [5, 5.41) is 16.9. The Hall–Kier alpha value is -0.820. The van der Waals surface area contributed by atoms with Crippen molar-refractivity contribution in [2.24, 2.45) is 10.9 Å². The van der Waals surface area contributed by atoms with Crippen LogP contribution in [-0.2, 0) is 0 Å². The number of aliphatic hydroxyl groups excluding tert-OH is 1. The van der Waals surface area contributed by atoms with Crippen LogP contribution in [0.2, 0.25) is 4.34 Å². The summed E-state index contributed by atoms with van der Waals surface area (Å²) >= 11 is 7.33. The first kappa shape index (κ1) is 20.5. The Bertz CT molecular complexity index is 529. The van der Waals surface area contributed by atoms with Crippen molar-refractivity contribution in [3.63, 3.8) is 0 Å². The minimum absolute atomic E-state index is 0.334. The molecule has 5 nitrogen and oxygen atoms in total. The molecule has 0 saturated carbocycles. The van der Waals surface area contributed by atoms with Gasteiger partial charge in [0.05, 0.1) is 10.9 Å². The molecule has 0 aromatic carbocycles. The largest absolute Gasteiger partial charge is 0.386 e. The van der Waals surface area contributed by atoms with Crippen molar-refractivity contribution in [3.8, 4) is 0 Å². The molecule has 0 radical (unpaired) electrons. The zero-order valence-corrected chi connectivity index (χ0v) is 16.9. The second-order valence-electron chi connectivity index (χ2n) is 6.54. The number of thiophene rings is 1. The van der Waals surface area contributed by atoms with Crippen molar-refractivity contribution in [1.82, 2.24) is 15.5 Å². The summed E-state index contributed by atoms with van der Waals surface area (Å²) < 4.78 is 0.692. The summed E-state index contributed by atoms with van der Waals surface area (Å²) in [6.45, 7) is 9.99. The number of rotatable bonds is 8. The Morgan fingerprint density at radius 1 is 1.36 bits per heavy atom. The highest BCUT2D eigenvalue weighted by Gasteiger charge is 2.18. The maximum atomic E-state index is 10.2. The van der Waals surface area contributed by atoms with Gasteiger partial charge in [-0.2, -0.15) is 0 Å². The minimum atomic E-state index is -0.606. The molecular weight excluding hydrogens is 356 g/mol. The second kappa shape index (κ2) is 11.0. The van der Waals surface area contributed by atoms with Crippen LogP contribution in [0.15, 0.2) is 17.1 Å². The minimum Gasteiger partial charge on any atom is -0.386 e. The number of piperidine rings is 1. The van der Waals surface area contributed by atoms with Crippen LogP contribution in [0.3, 0.4) is 0 Å². The van der Waals surface area contributed by atoms with Crippen LogP contribution in [0.25, 0.3) is 0 Å². The molecule has 1 aliphatic rings. The summed E-state index contributed by atoms with van der Waals surface area (Å²) in [6.07, 6.45) is 3.11. The molecule has 7 heteroatoms. The van der Waals surface area contributed by atoms with Gasteiger partial charge in [0, 0.05) is 18.0 Å². The molecule has 1 unspecified atom stereocenters. The number of aliphatic hydroxyl groups is 1. The van der Waals surface area contributed by atoms with Gasteiger partial charge in [-0.1, -0.05) is 18.5 Å². The van der Waals surface area contributed by atoms with E-state index in [1.54, 1.807) is 0 Å². The summed E-state index contributed by atoms with van der Waals surface area (Å²) in [5.74, 6) is 1.47. The highest BCUT2D eigenvalue weighted by atomic mass is 35.5. The topological polar surface area (TPSA) is 59.9 Å². The van der Waals surface area contributed by atoms with Crippen LogP contribution in [0.4, 0.5) is 0 Å². The lowest BCUT2D eigenvalue weighted by molar-refractivity contribution is 0.185. The first-order chi connectivity index (χ1) is 12.1. The molecular formula is C18H31ClN4OS. The van der Waals surface area contributed by atoms with Crippen LogP contribution in [0, 0.1) is 5.92 Å². The highest BCUT2D eigenvalue weighted by Crippen LogP contribution is 2.26. The zero-order valence-electron chi connectivity index (χ0n) is 15.3. The third-order valence-electron chi connectivity index (χ3n) is 4.49. The Labute approximate surface area is 160 Å². The average molecular weight is 387 g/mol. The molecule has 1 aromatic rings. The van der Waals surface area contributed by atoms with Gasteiger partial charge in [-0.25, -0.2) is 0 Å². The molecule has 25 heavy (non-hydrogen) atoms. The van der Waals surface area contributed by atoms with Crippen molar-refractivity contribution >= 4 is 28.9 Å². The van der Waals surface area contributed by atoms with E-state index in [1.165, 1.54) is 50.2 Å². The van der Waals surface area contributed by atoms with E-state index in [1.807, 2.05) is 12.1 Å². The fourth-order valence-corrected chi connectivity index (χ4v) is 4.13. The van der Waals surface area contributed by atoms with Crippen molar-refractivity contribution < 1.29 is 5.11 Å². The van der Waals surface area contributed by atoms with Crippen LogP contribution in [0.1, 0.15) is 44.1 Å². The number of hydrogen-bond donors (Lipinski definition) is 3. The molecule has 0 aliphatic carbocycles. The van der Waals surface area contributed by atoms with Gasteiger partial charge in [-0.05, 0) is 63.9 Å². The monoisotopic (exact) mass is 386 g/mol. The van der Waals surface area contributed by atoms with E-state index >= 15 is 0 Å². The molecule has 3 N–H and O–H groups in total. The summed E-state index contributed by atoms with van der Waals surface area (Å²) in [6, 6.07) is 3.67. The first-order valence-electron chi connectivity index (χ1n) is 9.30. The molecule has 1 aromatic heterocycles. The molecule has 0 amide bonds. The van der Waals surface area contributed by atoms with Gasteiger partial charge >= 0.3 is 0 Å². The molecule has 2 heterocycles. The van der Waals surface area contributed by atoms with Gasteiger partial charge in [0.2, 0.25) is 0 Å². The van der Waals surface area contributed by atoms with Crippen molar-refractivity contribution in [3.05, 3.63) is 21.3 Å². The number of nitrogens with one attached hydrogen (secondary N) is 2. The van der Waals surface area contributed by atoms with E-state index in [4.69, 9.17) is 11.6 Å². The van der Waals surface area contributed by atoms with Crippen molar-refractivity contribution in [2.75, 3.05) is 39.3 Å².